The number of urea groups is 1. The molecule has 0 N–H and O–H groups in total. The van der Waals surface area contributed by atoms with E-state index in [-0.39, 0.29) is 24.8 Å². The van der Waals surface area contributed by atoms with E-state index in [1.54, 1.807) is 48.5 Å². The van der Waals surface area contributed by atoms with Crippen molar-refractivity contribution in [2.45, 2.75) is 12.8 Å². The van der Waals surface area contributed by atoms with Gasteiger partial charge < -0.3 is 4.74 Å². The first kappa shape index (κ1) is 18.1. The number of carbonyl (C=O) groups is 3. The molecule has 7 nitrogen and oxygen atoms in total. The van der Waals surface area contributed by atoms with Gasteiger partial charge in [-0.1, -0.05) is 12.1 Å². The predicted octanol–water partition coefficient (Wildman–Crippen LogP) is 2.64. The molecule has 2 aromatic carbocycles. The lowest BCUT2D eigenvalue weighted by Gasteiger charge is -2.17. The van der Waals surface area contributed by atoms with Crippen molar-refractivity contribution in [3.05, 3.63) is 59.7 Å². The largest absolute Gasteiger partial charge is 0.469 e. The zero-order valence-electron chi connectivity index (χ0n) is 14.7. The molecule has 136 valence electrons. The maximum absolute atomic E-state index is 12.7. The molecule has 1 heterocycles. The number of imide groups is 1. The Bertz CT molecular complexity index is 914. The van der Waals surface area contributed by atoms with Crippen LogP contribution in [0.4, 0.5) is 16.2 Å². The lowest BCUT2D eigenvalue weighted by Crippen LogP contribution is -2.32. The van der Waals surface area contributed by atoms with Gasteiger partial charge in [-0.05, 0) is 48.4 Å². The first-order valence-electron chi connectivity index (χ1n) is 8.34. The van der Waals surface area contributed by atoms with Gasteiger partial charge in [-0.2, -0.15) is 5.26 Å². The van der Waals surface area contributed by atoms with Crippen LogP contribution in [0.1, 0.15) is 17.5 Å². The van der Waals surface area contributed by atoms with Gasteiger partial charge in [-0.3, -0.25) is 14.5 Å². The smallest absolute Gasteiger partial charge is 0.336 e. The molecule has 0 saturated carbocycles. The van der Waals surface area contributed by atoms with Crippen LogP contribution in [0, 0.1) is 11.3 Å². The number of benzene rings is 2. The van der Waals surface area contributed by atoms with Crippen molar-refractivity contribution in [2.24, 2.45) is 0 Å². The Kier molecular flexibility index (Phi) is 5.18. The topological polar surface area (TPSA) is 90.7 Å². The van der Waals surface area contributed by atoms with Gasteiger partial charge in [0.05, 0.1) is 24.4 Å². The van der Waals surface area contributed by atoms with Gasteiger partial charge in [0.1, 0.15) is 6.54 Å². The van der Waals surface area contributed by atoms with E-state index >= 15 is 0 Å². The molecule has 0 spiro atoms. The molecule has 0 aromatic heterocycles. The van der Waals surface area contributed by atoms with E-state index in [4.69, 9.17) is 5.26 Å². The highest BCUT2D eigenvalue weighted by molar-refractivity contribution is 6.26. The summed E-state index contributed by atoms with van der Waals surface area (Å²) >= 11 is 0. The van der Waals surface area contributed by atoms with E-state index in [1.165, 1.54) is 12.0 Å². The minimum atomic E-state index is -0.438. The van der Waals surface area contributed by atoms with Crippen molar-refractivity contribution in [1.82, 2.24) is 0 Å². The number of hydrogen-bond acceptors (Lipinski definition) is 5. The summed E-state index contributed by atoms with van der Waals surface area (Å²) in [5.41, 5.74) is 2.43. The number of nitrogens with zero attached hydrogens (tertiary/aromatic N) is 3. The van der Waals surface area contributed by atoms with Crippen LogP contribution in [-0.2, 0) is 20.7 Å². The van der Waals surface area contributed by atoms with Crippen molar-refractivity contribution >= 4 is 29.3 Å². The molecule has 3 amide bonds. The standard InChI is InChI=1S/C20H17N3O4/c1-27-19(25)11-6-14-2-9-17(10-3-14)23-18(24)13-22(20(23)26)16-7-4-15(12-21)5-8-16/h2-5,7-10H,6,11,13H2,1H3. The summed E-state index contributed by atoms with van der Waals surface area (Å²) in [5.74, 6) is -0.617. The van der Waals surface area contributed by atoms with E-state index < -0.39 is 6.03 Å². The van der Waals surface area contributed by atoms with E-state index in [9.17, 15) is 14.4 Å². The van der Waals surface area contributed by atoms with Crippen molar-refractivity contribution in [2.75, 3.05) is 23.5 Å². The fraction of sp³-hybridized carbons (Fsp3) is 0.200. The Balaban J connectivity index is 1.74. The summed E-state index contributed by atoms with van der Waals surface area (Å²) in [4.78, 5) is 38.8. The van der Waals surface area contributed by atoms with Crippen LogP contribution in [0.3, 0.4) is 0 Å². The number of amides is 3. The first-order chi connectivity index (χ1) is 13.0. The maximum atomic E-state index is 12.7. The van der Waals surface area contributed by atoms with Crippen LogP contribution >= 0.6 is 0 Å². The molecule has 0 unspecified atom stereocenters. The van der Waals surface area contributed by atoms with Crippen molar-refractivity contribution in [3.63, 3.8) is 0 Å². The lowest BCUT2D eigenvalue weighted by molar-refractivity contribution is -0.140. The molecule has 0 radical (unpaired) electrons. The highest BCUT2D eigenvalue weighted by atomic mass is 16.5. The Morgan fingerprint density at radius 3 is 2.30 bits per heavy atom. The number of aryl methyl sites for hydroxylation is 1. The molecule has 0 aliphatic carbocycles. The summed E-state index contributed by atoms with van der Waals surface area (Å²) in [7, 11) is 1.34. The highest BCUT2D eigenvalue weighted by Crippen LogP contribution is 2.26. The Morgan fingerprint density at radius 1 is 1.07 bits per heavy atom. The van der Waals surface area contributed by atoms with E-state index in [1.807, 2.05) is 6.07 Å². The minimum absolute atomic E-state index is 0.0607. The molecule has 3 rings (SSSR count). The van der Waals surface area contributed by atoms with E-state index in [2.05, 4.69) is 4.74 Å². The van der Waals surface area contributed by atoms with Crippen LogP contribution in [-0.4, -0.2) is 31.6 Å². The molecule has 1 aliphatic heterocycles. The average molecular weight is 363 g/mol. The molecule has 1 saturated heterocycles. The second kappa shape index (κ2) is 7.70. The monoisotopic (exact) mass is 363 g/mol. The third-order valence-corrected chi connectivity index (χ3v) is 4.31. The third kappa shape index (κ3) is 3.80. The van der Waals surface area contributed by atoms with Gasteiger partial charge >= 0.3 is 12.0 Å². The third-order valence-electron chi connectivity index (χ3n) is 4.31. The molecular formula is C20H17N3O4. The minimum Gasteiger partial charge on any atom is -0.469 e. The van der Waals surface area contributed by atoms with Gasteiger partial charge in [0.15, 0.2) is 0 Å². The summed E-state index contributed by atoms with van der Waals surface area (Å²) in [6, 6.07) is 15.0. The Hall–Kier alpha value is -3.66. The maximum Gasteiger partial charge on any atom is 0.336 e. The molecule has 1 aliphatic rings. The Labute approximate surface area is 156 Å². The van der Waals surface area contributed by atoms with Crippen molar-refractivity contribution < 1.29 is 19.1 Å². The quantitative estimate of drug-likeness (QED) is 0.602. The zero-order chi connectivity index (χ0) is 19.4. The molecule has 2 aromatic rings. The lowest BCUT2D eigenvalue weighted by atomic mass is 10.1. The fourth-order valence-corrected chi connectivity index (χ4v) is 2.83. The van der Waals surface area contributed by atoms with Crippen LogP contribution in [0.2, 0.25) is 0 Å². The second-order valence-corrected chi connectivity index (χ2v) is 6.00. The number of esters is 1. The van der Waals surface area contributed by atoms with Gasteiger partial charge in [0, 0.05) is 12.1 Å². The van der Waals surface area contributed by atoms with Crippen LogP contribution in [0.15, 0.2) is 48.5 Å². The van der Waals surface area contributed by atoms with Gasteiger partial charge in [-0.25, -0.2) is 9.69 Å². The second-order valence-electron chi connectivity index (χ2n) is 6.00. The van der Waals surface area contributed by atoms with Crippen LogP contribution < -0.4 is 9.80 Å². The number of ether oxygens (including phenoxy) is 1. The molecule has 27 heavy (non-hydrogen) atoms. The summed E-state index contributed by atoms with van der Waals surface area (Å²) < 4.78 is 4.61. The number of rotatable bonds is 5. The van der Waals surface area contributed by atoms with Crippen LogP contribution in [0.5, 0.6) is 0 Å². The molecular weight excluding hydrogens is 346 g/mol. The summed E-state index contributed by atoms with van der Waals surface area (Å²) in [5, 5.41) is 8.87. The van der Waals surface area contributed by atoms with Gasteiger partial charge in [-0.15, -0.1) is 0 Å². The predicted molar refractivity (Wildman–Crippen MR) is 98.2 cm³/mol. The Morgan fingerprint density at radius 2 is 1.70 bits per heavy atom. The highest BCUT2D eigenvalue weighted by Gasteiger charge is 2.37. The number of hydrogen-bond donors (Lipinski definition) is 0. The van der Waals surface area contributed by atoms with E-state index in [0.29, 0.717) is 23.4 Å². The number of methoxy groups -OCH3 is 1. The average Bonchev–Trinajstić information content (AvgIpc) is 3.00. The molecule has 7 heteroatoms. The van der Waals surface area contributed by atoms with Crippen molar-refractivity contribution in [1.29, 1.82) is 5.26 Å². The normalized spacial score (nSPS) is 13.6. The zero-order valence-corrected chi connectivity index (χ0v) is 14.7. The summed E-state index contributed by atoms with van der Waals surface area (Å²) in [6.45, 7) is -0.0607. The SMILES string of the molecule is COC(=O)CCc1ccc(N2C(=O)CN(c3ccc(C#N)cc3)C2=O)cc1. The van der Waals surface area contributed by atoms with Gasteiger partial charge in [0.2, 0.25) is 0 Å². The van der Waals surface area contributed by atoms with Crippen molar-refractivity contribution in [3.8, 4) is 6.07 Å². The summed E-state index contributed by atoms with van der Waals surface area (Å²) in [6.07, 6.45) is 0.788. The molecule has 1 fully saturated rings. The first-order valence-corrected chi connectivity index (χ1v) is 8.34. The molecule has 0 bridgehead atoms. The number of nitriles is 1. The fourth-order valence-electron chi connectivity index (χ4n) is 2.83. The number of anilines is 2. The van der Waals surface area contributed by atoms with E-state index in [0.717, 1.165) is 10.5 Å². The van der Waals surface area contributed by atoms with Crippen LogP contribution in [0.25, 0.3) is 0 Å². The number of carbonyl (C=O) groups excluding carboxylic acids is 3. The molecule has 0 atom stereocenters. The van der Waals surface area contributed by atoms with Gasteiger partial charge in [0.25, 0.3) is 5.91 Å².